The third-order valence-electron chi connectivity index (χ3n) is 4.97. The van der Waals surface area contributed by atoms with Crippen LogP contribution in [-0.4, -0.2) is 16.0 Å². The summed E-state index contributed by atoms with van der Waals surface area (Å²) in [7, 11) is 0. The third-order valence-corrected chi connectivity index (χ3v) is 4.97. The van der Waals surface area contributed by atoms with E-state index in [0.717, 1.165) is 35.5 Å². The second kappa shape index (κ2) is 9.64. The standard InChI is InChI=1S/C24H25F5N2/c1-17(2)13-30(15-19-12-21(25)9-10-23(19)26)16-22-4-3-11-31(22)14-18-5-7-20(8-6-18)24(27,28)29/h3-12,17H,13-16H2,1-2H3. The topological polar surface area (TPSA) is 8.17 Å². The molecule has 2 nitrogen and oxygen atoms in total. The van der Waals surface area contributed by atoms with Crippen molar-refractivity contribution in [2.75, 3.05) is 6.54 Å². The van der Waals surface area contributed by atoms with E-state index in [1.165, 1.54) is 18.2 Å². The van der Waals surface area contributed by atoms with Crippen molar-refractivity contribution in [3.8, 4) is 0 Å². The summed E-state index contributed by atoms with van der Waals surface area (Å²) in [4.78, 5) is 2.04. The first kappa shape index (κ1) is 23.0. The van der Waals surface area contributed by atoms with Gasteiger partial charge >= 0.3 is 6.18 Å². The molecule has 1 heterocycles. The SMILES string of the molecule is CC(C)CN(Cc1cc(F)ccc1F)Cc1cccn1Cc1ccc(C(F)(F)F)cc1. The highest BCUT2D eigenvalue weighted by molar-refractivity contribution is 5.25. The van der Waals surface area contributed by atoms with Crippen LogP contribution in [0.4, 0.5) is 22.0 Å². The summed E-state index contributed by atoms with van der Waals surface area (Å²) in [6, 6.07) is 12.3. The Morgan fingerprint density at radius 1 is 0.935 bits per heavy atom. The Kier molecular flexibility index (Phi) is 7.15. The highest BCUT2D eigenvalue weighted by atomic mass is 19.4. The summed E-state index contributed by atoms with van der Waals surface area (Å²) in [5.74, 6) is -0.614. The van der Waals surface area contributed by atoms with Crippen LogP contribution in [0.15, 0.2) is 60.8 Å². The molecule has 2 aromatic carbocycles. The zero-order chi connectivity index (χ0) is 22.6. The van der Waals surface area contributed by atoms with E-state index in [-0.39, 0.29) is 6.54 Å². The number of rotatable bonds is 8. The normalized spacial score (nSPS) is 12.2. The average Bonchev–Trinajstić information content (AvgIpc) is 3.10. The third kappa shape index (κ3) is 6.40. The smallest absolute Gasteiger partial charge is 0.346 e. The summed E-state index contributed by atoms with van der Waals surface area (Å²) in [6.07, 6.45) is -2.50. The van der Waals surface area contributed by atoms with Crippen molar-refractivity contribution in [3.63, 3.8) is 0 Å². The summed E-state index contributed by atoms with van der Waals surface area (Å²) >= 11 is 0. The van der Waals surface area contributed by atoms with Crippen molar-refractivity contribution in [1.29, 1.82) is 0 Å². The molecule has 0 aliphatic carbocycles. The number of benzene rings is 2. The molecule has 0 aliphatic heterocycles. The van der Waals surface area contributed by atoms with Gasteiger partial charge in [0.05, 0.1) is 5.56 Å². The molecule has 7 heteroatoms. The molecule has 0 saturated heterocycles. The van der Waals surface area contributed by atoms with Crippen molar-refractivity contribution in [1.82, 2.24) is 9.47 Å². The average molecular weight is 436 g/mol. The van der Waals surface area contributed by atoms with Gasteiger partial charge in [-0.05, 0) is 53.9 Å². The molecule has 0 spiro atoms. The van der Waals surface area contributed by atoms with E-state index in [9.17, 15) is 22.0 Å². The maximum absolute atomic E-state index is 14.2. The van der Waals surface area contributed by atoms with Gasteiger partial charge in [0.25, 0.3) is 0 Å². The highest BCUT2D eigenvalue weighted by Gasteiger charge is 2.29. The second-order valence-corrected chi connectivity index (χ2v) is 8.12. The summed E-state index contributed by atoms with van der Waals surface area (Å²) < 4.78 is 68.0. The zero-order valence-electron chi connectivity index (χ0n) is 17.5. The van der Waals surface area contributed by atoms with Gasteiger partial charge in [-0.3, -0.25) is 4.90 Å². The molecule has 0 N–H and O–H groups in total. The van der Waals surface area contributed by atoms with E-state index in [4.69, 9.17) is 0 Å². The lowest BCUT2D eigenvalue weighted by molar-refractivity contribution is -0.137. The Hall–Kier alpha value is -2.67. The molecule has 31 heavy (non-hydrogen) atoms. The van der Waals surface area contributed by atoms with Crippen LogP contribution in [0.3, 0.4) is 0 Å². The summed E-state index contributed by atoms with van der Waals surface area (Å²) in [6.45, 7) is 5.97. The molecule has 0 fully saturated rings. The van der Waals surface area contributed by atoms with Crippen LogP contribution in [0.5, 0.6) is 0 Å². The summed E-state index contributed by atoms with van der Waals surface area (Å²) in [5.41, 5.74) is 1.31. The monoisotopic (exact) mass is 436 g/mol. The second-order valence-electron chi connectivity index (χ2n) is 8.12. The van der Waals surface area contributed by atoms with E-state index in [1.807, 2.05) is 27.8 Å². The molecular weight excluding hydrogens is 411 g/mol. The molecule has 0 radical (unpaired) electrons. The minimum absolute atomic E-state index is 0.257. The number of aromatic nitrogens is 1. The molecule has 0 unspecified atom stereocenters. The first-order chi connectivity index (χ1) is 14.6. The number of nitrogens with zero attached hydrogens (tertiary/aromatic N) is 2. The predicted octanol–water partition coefficient (Wildman–Crippen LogP) is 6.49. The quantitative estimate of drug-likeness (QED) is 0.366. The van der Waals surface area contributed by atoms with Crippen LogP contribution in [-0.2, 0) is 25.8 Å². The number of hydrogen-bond donors (Lipinski definition) is 0. The van der Waals surface area contributed by atoms with Crippen LogP contribution >= 0.6 is 0 Å². The minimum Gasteiger partial charge on any atom is -0.346 e. The van der Waals surface area contributed by atoms with Gasteiger partial charge in [-0.25, -0.2) is 8.78 Å². The van der Waals surface area contributed by atoms with Crippen molar-refractivity contribution < 1.29 is 22.0 Å². The van der Waals surface area contributed by atoms with Crippen LogP contribution in [0, 0.1) is 17.6 Å². The Morgan fingerprint density at radius 3 is 2.29 bits per heavy atom. The lowest BCUT2D eigenvalue weighted by Crippen LogP contribution is -2.28. The van der Waals surface area contributed by atoms with E-state index in [2.05, 4.69) is 13.8 Å². The van der Waals surface area contributed by atoms with Gasteiger partial charge in [-0.1, -0.05) is 26.0 Å². The lowest BCUT2D eigenvalue weighted by Gasteiger charge is -2.25. The molecule has 3 aromatic rings. The molecule has 0 bridgehead atoms. The molecule has 1 aromatic heterocycles. The predicted molar refractivity (Wildman–Crippen MR) is 110 cm³/mol. The van der Waals surface area contributed by atoms with Gasteiger partial charge in [0.2, 0.25) is 0 Å². The Labute approximate surface area is 178 Å². The van der Waals surface area contributed by atoms with Crippen LogP contribution < -0.4 is 0 Å². The van der Waals surface area contributed by atoms with Gasteiger partial charge in [0.15, 0.2) is 0 Å². The number of alkyl halides is 3. The molecular formula is C24H25F5N2. The van der Waals surface area contributed by atoms with E-state index in [0.29, 0.717) is 31.1 Å². The van der Waals surface area contributed by atoms with E-state index in [1.54, 1.807) is 0 Å². The first-order valence-electron chi connectivity index (χ1n) is 10.1. The fourth-order valence-corrected chi connectivity index (χ4v) is 3.58. The van der Waals surface area contributed by atoms with Gasteiger partial charge in [-0.2, -0.15) is 13.2 Å². The van der Waals surface area contributed by atoms with E-state index >= 15 is 0 Å². The van der Waals surface area contributed by atoms with E-state index < -0.39 is 23.4 Å². The summed E-state index contributed by atoms with van der Waals surface area (Å²) in [5, 5.41) is 0. The van der Waals surface area contributed by atoms with Crippen molar-refractivity contribution in [2.24, 2.45) is 5.92 Å². The lowest BCUT2D eigenvalue weighted by atomic mass is 10.1. The van der Waals surface area contributed by atoms with Gasteiger partial charge in [-0.15, -0.1) is 0 Å². The molecule has 0 aliphatic rings. The Balaban J connectivity index is 1.76. The van der Waals surface area contributed by atoms with Gasteiger partial charge in [0.1, 0.15) is 11.6 Å². The van der Waals surface area contributed by atoms with Crippen molar-refractivity contribution in [3.05, 3.63) is 94.8 Å². The number of hydrogen-bond acceptors (Lipinski definition) is 1. The van der Waals surface area contributed by atoms with Gasteiger partial charge < -0.3 is 4.57 Å². The molecule has 166 valence electrons. The Bertz CT molecular complexity index is 990. The fourth-order valence-electron chi connectivity index (χ4n) is 3.58. The van der Waals surface area contributed by atoms with Crippen LogP contribution in [0.25, 0.3) is 0 Å². The fraction of sp³-hybridized carbons (Fsp3) is 0.333. The maximum atomic E-state index is 14.2. The zero-order valence-corrected chi connectivity index (χ0v) is 17.5. The first-order valence-corrected chi connectivity index (χ1v) is 10.1. The largest absolute Gasteiger partial charge is 0.416 e. The van der Waals surface area contributed by atoms with Crippen molar-refractivity contribution >= 4 is 0 Å². The molecule has 3 rings (SSSR count). The minimum atomic E-state index is -4.36. The van der Waals surface area contributed by atoms with Crippen molar-refractivity contribution in [2.45, 2.75) is 39.7 Å². The molecule has 0 atom stereocenters. The van der Waals surface area contributed by atoms with Gasteiger partial charge in [0, 0.05) is 43.6 Å². The van der Waals surface area contributed by atoms with Crippen LogP contribution in [0.1, 0.15) is 36.2 Å². The Morgan fingerprint density at radius 2 is 1.65 bits per heavy atom. The highest BCUT2D eigenvalue weighted by Crippen LogP contribution is 2.29. The molecule has 0 amide bonds. The molecule has 0 saturated carbocycles. The van der Waals surface area contributed by atoms with Crippen LogP contribution in [0.2, 0.25) is 0 Å². The number of halogens is 5. The maximum Gasteiger partial charge on any atom is 0.416 e.